The first-order valence-electron chi connectivity index (χ1n) is 9.32. The van der Waals surface area contributed by atoms with E-state index in [1.165, 1.54) is 7.11 Å². The minimum atomic E-state index is -4.25. The van der Waals surface area contributed by atoms with Gasteiger partial charge in [0.2, 0.25) is 0 Å². The van der Waals surface area contributed by atoms with E-state index in [0.29, 0.717) is 49.8 Å². The minimum absolute atomic E-state index is 0. The van der Waals surface area contributed by atoms with E-state index in [2.05, 4.69) is 5.32 Å². The summed E-state index contributed by atoms with van der Waals surface area (Å²) in [4.78, 5) is 1.88. The summed E-state index contributed by atoms with van der Waals surface area (Å²) in [5.74, 6) is 0.955. The van der Waals surface area contributed by atoms with Gasteiger partial charge in [0.05, 0.1) is 13.5 Å². The van der Waals surface area contributed by atoms with Crippen LogP contribution < -0.4 is 14.8 Å². The summed E-state index contributed by atoms with van der Waals surface area (Å²) in [6.45, 7) is 2.84. The Morgan fingerprint density at radius 1 is 1.03 bits per heavy atom. The molecule has 160 valence electrons. The number of hydrogen-bond donors (Lipinski definition) is 1. The van der Waals surface area contributed by atoms with Gasteiger partial charge in [0.15, 0.2) is 11.5 Å². The summed E-state index contributed by atoms with van der Waals surface area (Å²) in [6.07, 6.45) is -5.14. The van der Waals surface area contributed by atoms with Crippen LogP contribution in [0.5, 0.6) is 11.5 Å². The second kappa shape index (κ2) is 10.7. The molecule has 1 heterocycles. The number of piperazine rings is 1. The third kappa shape index (κ3) is 6.80. The number of benzene rings is 2. The lowest BCUT2D eigenvalue weighted by atomic mass is 10.00. The van der Waals surface area contributed by atoms with Gasteiger partial charge >= 0.3 is 6.18 Å². The number of rotatable bonds is 7. The molecule has 0 spiro atoms. The Morgan fingerprint density at radius 3 is 2.34 bits per heavy atom. The van der Waals surface area contributed by atoms with Crippen LogP contribution >= 0.6 is 12.4 Å². The van der Waals surface area contributed by atoms with Crippen LogP contribution in [0.2, 0.25) is 0 Å². The summed E-state index contributed by atoms with van der Waals surface area (Å²) < 4.78 is 51.0. The molecule has 1 fully saturated rings. The second-order valence-corrected chi connectivity index (χ2v) is 6.81. The summed E-state index contributed by atoms with van der Waals surface area (Å²) in [5.41, 5.74) is 1.56. The van der Waals surface area contributed by atoms with Crippen LogP contribution in [0.25, 0.3) is 0 Å². The van der Waals surface area contributed by atoms with Gasteiger partial charge in [0.1, 0.15) is 6.61 Å². The van der Waals surface area contributed by atoms with E-state index < -0.39 is 18.6 Å². The van der Waals surface area contributed by atoms with Crippen LogP contribution in [0.4, 0.5) is 13.2 Å². The van der Waals surface area contributed by atoms with Crippen LogP contribution in [-0.4, -0.2) is 44.4 Å². The van der Waals surface area contributed by atoms with Crippen LogP contribution in [0, 0.1) is 0 Å². The van der Waals surface area contributed by atoms with Gasteiger partial charge in [-0.3, -0.25) is 4.90 Å². The number of halogens is 4. The molecule has 0 saturated carbocycles. The fourth-order valence-corrected chi connectivity index (χ4v) is 3.42. The van der Waals surface area contributed by atoms with E-state index in [0.717, 1.165) is 5.56 Å². The molecule has 0 radical (unpaired) electrons. The number of hydrogen-bond acceptors (Lipinski definition) is 4. The van der Waals surface area contributed by atoms with E-state index in [1.807, 2.05) is 35.2 Å². The SMILES string of the molecule is COc1ccc([C@@H](CC(F)(F)F)N2CCNCC2)cc1OCc1ccccc1.Cl. The van der Waals surface area contributed by atoms with Gasteiger partial charge in [-0.05, 0) is 23.3 Å². The number of nitrogens with one attached hydrogen (secondary N) is 1. The molecule has 1 N–H and O–H groups in total. The van der Waals surface area contributed by atoms with Crippen molar-refractivity contribution in [1.29, 1.82) is 0 Å². The van der Waals surface area contributed by atoms with Crippen LogP contribution in [-0.2, 0) is 6.61 Å². The standard InChI is InChI=1S/C21H25F3N2O2.ClH/c1-27-19-8-7-17(13-20(19)28-15-16-5-3-2-4-6-16)18(14-21(22,23)24)26-11-9-25-10-12-26;/h2-8,13,18,25H,9-12,14-15H2,1H3;1H/t18-;/m1./s1. The van der Waals surface area contributed by atoms with Crippen molar-refractivity contribution in [2.75, 3.05) is 33.3 Å². The molecule has 1 atom stereocenters. The van der Waals surface area contributed by atoms with Crippen molar-refractivity contribution in [3.8, 4) is 11.5 Å². The number of methoxy groups -OCH3 is 1. The Hall–Kier alpha value is -1.96. The maximum absolute atomic E-state index is 13.3. The van der Waals surface area contributed by atoms with Gasteiger partial charge < -0.3 is 14.8 Å². The highest BCUT2D eigenvalue weighted by atomic mass is 35.5. The van der Waals surface area contributed by atoms with Gasteiger partial charge in [-0.2, -0.15) is 13.2 Å². The Bertz CT molecular complexity index is 753. The average molecular weight is 431 g/mol. The van der Waals surface area contributed by atoms with Crippen LogP contribution in [0.3, 0.4) is 0 Å². The van der Waals surface area contributed by atoms with Crippen molar-refractivity contribution in [3.05, 3.63) is 59.7 Å². The zero-order valence-corrected chi connectivity index (χ0v) is 17.1. The molecular weight excluding hydrogens is 405 g/mol. The number of nitrogens with zero attached hydrogens (tertiary/aromatic N) is 1. The summed E-state index contributed by atoms with van der Waals surface area (Å²) in [5, 5.41) is 3.18. The van der Waals surface area contributed by atoms with Crippen molar-refractivity contribution in [2.24, 2.45) is 0 Å². The smallest absolute Gasteiger partial charge is 0.390 e. The normalized spacial score (nSPS) is 16.0. The zero-order chi connectivity index (χ0) is 20.0. The minimum Gasteiger partial charge on any atom is -0.493 e. The molecule has 2 aromatic rings. The zero-order valence-electron chi connectivity index (χ0n) is 16.2. The highest BCUT2D eigenvalue weighted by Gasteiger charge is 2.36. The van der Waals surface area contributed by atoms with E-state index in [4.69, 9.17) is 9.47 Å². The first-order chi connectivity index (χ1) is 13.5. The molecule has 0 unspecified atom stereocenters. The van der Waals surface area contributed by atoms with E-state index in [9.17, 15) is 13.2 Å². The maximum Gasteiger partial charge on any atom is 0.390 e. The number of ether oxygens (including phenoxy) is 2. The first-order valence-corrected chi connectivity index (χ1v) is 9.32. The first kappa shape index (κ1) is 23.3. The number of alkyl halides is 3. The Balaban J connectivity index is 0.00000300. The van der Waals surface area contributed by atoms with Gasteiger partial charge in [-0.1, -0.05) is 36.4 Å². The van der Waals surface area contributed by atoms with Gasteiger partial charge in [0.25, 0.3) is 0 Å². The predicted molar refractivity (Wildman–Crippen MR) is 109 cm³/mol. The molecule has 1 saturated heterocycles. The molecule has 8 heteroatoms. The molecule has 1 aliphatic heterocycles. The van der Waals surface area contributed by atoms with Crippen molar-refractivity contribution in [3.63, 3.8) is 0 Å². The molecule has 2 aromatic carbocycles. The van der Waals surface area contributed by atoms with Crippen LogP contribution in [0.1, 0.15) is 23.6 Å². The maximum atomic E-state index is 13.3. The molecule has 1 aliphatic rings. The molecule has 0 aliphatic carbocycles. The summed E-state index contributed by atoms with van der Waals surface area (Å²) in [6, 6.07) is 13.9. The quantitative estimate of drug-likeness (QED) is 0.696. The summed E-state index contributed by atoms with van der Waals surface area (Å²) >= 11 is 0. The third-order valence-electron chi connectivity index (χ3n) is 4.83. The predicted octanol–water partition coefficient (Wildman–Crippen LogP) is 4.59. The fraction of sp³-hybridized carbons (Fsp3) is 0.429. The monoisotopic (exact) mass is 430 g/mol. The lowest BCUT2D eigenvalue weighted by Gasteiger charge is -2.35. The molecule has 29 heavy (non-hydrogen) atoms. The van der Waals surface area contributed by atoms with E-state index >= 15 is 0 Å². The molecule has 0 aromatic heterocycles. The molecular formula is C21H26ClF3N2O2. The average Bonchev–Trinajstić information content (AvgIpc) is 2.71. The topological polar surface area (TPSA) is 33.7 Å². The van der Waals surface area contributed by atoms with Crippen molar-refractivity contribution in [2.45, 2.75) is 25.2 Å². The van der Waals surface area contributed by atoms with Gasteiger partial charge in [-0.25, -0.2) is 0 Å². The lowest BCUT2D eigenvalue weighted by molar-refractivity contribution is -0.148. The Morgan fingerprint density at radius 2 is 1.72 bits per heavy atom. The molecule has 4 nitrogen and oxygen atoms in total. The largest absolute Gasteiger partial charge is 0.493 e. The molecule has 0 bridgehead atoms. The van der Waals surface area contributed by atoms with Gasteiger partial charge in [0, 0.05) is 32.2 Å². The second-order valence-electron chi connectivity index (χ2n) is 6.81. The van der Waals surface area contributed by atoms with E-state index in [-0.39, 0.29) is 12.4 Å². The molecule has 0 amide bonds. The Labute approximate surface area is 175 Å². The lowest BCUT2D eigenvalue weighted by Crippen LogP contribution is -2.46. The molecule has 3 rings (SSSR count). The highest BCUT2D eigenvalue weighted by molar-refractivity contribution is 5.85. The van der Waals surface area contributed by atoms with Crippen LogP contribution in [0.15, 0.2) is 48.5 Å². The van der Waals surface area contributed by atoms with Crippen molar-refractivity contribution < 1.29 is 22.6 Å². The fourth-order valence-electron chi connectivity index (χ4n) is 3.42. The van der Waals surface area contributed by atoms with Gasteiger partial charge in [-0.15, -0.1) is 12.4 Å². The van der Waals surface area contributed by atoms with E-state index in [1.54, 1.807) is 18.2 Å². The van der Waals surface area contributed by atoms with Crippen molar-refractivity contribution >= 4 is 12.4 Å². The third-order valence-corrected chi connectivity index (χ3v) is 4.83. The highest BCUT2D eigenvalue weighted by Crippen LogP contribution is 2.38. The van der Waals surface area contributed by atoms with Crippen molar-refractivity contribution in [1.82, 2.24) is 10.2 Å². The Kier molecular flexibility index (Phi) is 8.61. The summed E-state index contributed by atoms with van der Waals surface area (Å²) in [7, 11) is 1.52.